The van der Waals surface area contributed by atoms with Crippen molar-refractivity contribution in [1.82, 2.24) is 16.0 Å². The zero-order valence-corrected chi connectivity index (χ0v) is 18.6. The van der Waals surface area contributed by atoms with Gasteiger partial charge in [0.2, 0.25) is 0 Å². The van der Waals surface area contributed by atoms with Crippen molar-refractivity contribution in [3.05, 3.63) is 24.3 Å². The van der Waals surface area contributed by atoms with Gasteiger partial charge in [0.05, 0.1) is 12.2 Å². The van der Waals surface area contributed by atoms with Crippen molar-refractivity contribution in [2.45, 2.75) is 52.4 Å². The van der Waals surface area contributed by atoms with Crippen molar-refractivity contribution >= 4 is 17.7 Å². The monoisotopic (exact) mass is 441 g/mol. The first-order valence-electron chi connectivity index (χ1n) is 10.5. The van der Waals surface area contributed by atoms with E-state index in [1.54, 1.807) is 45.0 Å². The van der Waals surface area contributed by atoms with Crippen molar-refractivity contribution in [3.8, 4) is 5.75 Å². The third-order valence-electron chi connectivity index (χ3n) is 4.35. The number of halogens is 2. The maximum absolute atomic E-state index is 12.7. The Morgan fingerprint density at radius 3 is 2.71 bits per heavy atom. The summed E-state index contributed by atoms with van der Waals surface area (Å²) in [5, 5.41) is 9.22. The number of alkyl carbamates (subject to hydrolysis) is 1. The molecule has 0 aromatic heterocycles. The number of rotatable bonds is 8. The minimum atomic E-state index is -2.86. The van der Waals surface area contributed by atoms with E-state index >= 15 is 0 Å². The molecule has 8 nitrogen and oxygen atoms in total. The van der Waals surface area contributed by atoms with Gasteiger partial charge in [0, 0.05) is 32.2 Å². The average Bonchev–Trinajstić information content (AvgIpc) is 3.12. The minimum absolute atomic E-state index is 0.0937. The number of hydrogen-bond acceptors (Lipinski definition) is 5. The molecule has 1 saturated heterocycles. The molecule has 1 aromatic rings. The van der Waals surface area contributed by atoms with Crippen LogP contribution >= 0.6 is 0 Å². The summed E-state index contributed by atoms with van der Waals surface area (Å²) >= 11 is 0. The van der Waals surface area contributed by atoms with Crippen molar-refractivity contribution in [2.24, 2.45) is 4.99 Å². The fraction of sp³-hybridized carbons (Fsp3) is 0.619. The van der Waals surface area contributed by atoms with E-state index < -0.39 is 18.3 Å². The van der Waals surface area contributed by atoms with E-state index in [9.17, 15) is 13.6 Å². The highest BCUT2D eigenvalue weighted by atomic mass is 19.3. The van der Waals surface area contributed by atoms with Crippen molar-refractivity contribution in [3.63, 3.8) is 0 Å². The van der Waals surface area contributed by atoms with E-state index in [0.717, 1.165) is 6.42 Å². The molecule has 10 heteroatoms. The number of carbonyl (C=O) groups excluding carboxylic acids is 1. The van der Waals surface area contributed by atoms with Crippen LogP contribution in [0.4, 0.5) is 19.3 Å². The average molecular weight is 442 g/mol. The lowest BCUT2D eigenvalue weighted by atomic mass is 10.2. The van der Waals surface area contributed by atoms with Gasteiger partial charge in [0.1, 0.15) is 11.4 Å². The second-order valence-corrected chi connectivity index (χ2v) is 8.11. The first-order valence-corrected chi connectivity index (χ1v) is 10.5. The number of aliphatic imine (C=N–C) groups is 1. The molecule has 1 aromatic carbocycles. The first-order chi connectivity index (χ1) is 14.7. The Kier molecular flexibility index (Phi) is 9.14. The van der Waals surface area contributed by atoms with Crippen LogP contribution in [0.2, 0.25) is 0 Å². The van der Waals surface area contributed by atoms with Crippen LogP contribution in [-0.4, -0.2) is 63.0 Å². The number of ether oxygens (including phenoxy) is 2. The number of anilines is 1. The van der Waals surface area contributed by atoms with Gasteiger partial charge in [-0.15, -0.1) is 0 Å². The molecule has 1 atom stereocenters. The van der Waals surface area contributed by atoms with E-state index in [1.165, 1.54) is 0 Å². The summed E-state index contributed by atoms with van der Waals surface area (Å²) in [4.78, 5) is 18.2. The van der Waals surface area contributed by atoms with Crippen molar-refractivity contribution in [2.75, 3.05) is 37.6 Å². The number of benzene rings is 1. The smallest absolute Gasteiger partial charge is 0.407 e. The molecular formula is C21H33F2N5O3. The predicted octanol–water partition coefficient (Wildman–Crippen LogP) is 2.95. The van der Waals surface area contributed by atoms with E-state index in [4.69, 9.17) is 4.74 Å². The number of guanidine groups is 1. The van der Waals surface area contributed by atoms with Gasteiger partial charge >= 0.3 is 12.7 Å². The molecule has 1 unspecified atom stereocenters. The Morgan fingerprint density at radius 1 is 1.29 bits per heavy atom. The Bertz CT molecular complexity index is 740. The number of nitrogens with zero attached hydrogens (tertiary/aromatic N) is 2. The molecule has 0 spiro atoms. The van der Waals surface area contributed by atoms with Gasteiger partial charge in [-0.3, -0.25) is 4.99 Å². The number of carbonyl (C=O) groups is 1. The molecule has 1 aliphatic rings. The summed E-state index contributed by atoms with van der Waals surface area (Å²) in [6, 6.07) is 6.90. The number of alkyl halides is 2. The molecule has 2 rings (SSSR count). The highest BCUT2D eigenvalue weighted by molar-refractivity contribution is 5.80. The van der Waals surface area contributed by atoms with E-state index in [0.29, 0.717) is 44.4 Å². The van der Waals surface area contributed by atoms with Crippen LogP contribution in [0.5, 0.6) is 5.75 Å². The van der Waals surface area contributed by atoms with Crippen LogP contribution in [0, 0.1) is 0 Å². The molecule has 0 saturated carbocycles. The number of hydrogen-bond donors (Lipinski definition) is 3. The standard InChI is InChI=1S/C21H33F2N5O3/c1-5-24-19(25-11-12-26-20(29)31-21(2,3)4)27-15-10-13-28(14-15)16-8-6-7-9-17(16)30-18(22)23/h6-9,15,18H,5,10-14H2,1-4H3,(H,26,29)(H2,24,25,27). The van der Waals surface area contributed by atoms with Crippen LogP contribution in [0.15, 0.2) is 29.3 Å². The predicted molar refractivity (Wildman–Crippen MR) is 117 cm³/mol. The highest BCUT2D eigenvalue weighted by Crippen LogP contribution is 2.31. The summed E-state index contributed by atoms with van der Waals surface area (Å²) in [5.74, 6) is 0.810. The molecule has 1 heterocycles. The lowest BCUT2D eigenvalue weighted by Gasteiger charge is -2.22. The zero-order valence-electron chi connectivity index (χ0n) is 18.6. The normalized spacial score (nSPS) is 16.9. The lowest BCUT2D eigenvalue weighted by molar-refractivity contribution is -0.0495. The maximum Gasteiger partial charge on any atom is 0.407 e. The topological polar surface area (TPSA) is 87.2 Å². The molecule has 1 fully saturated rings. The van der Waals surface area contributed by atoms with E-state index in [-0.39, 0.29) is 11.8 Å². The molecule has 0 radical (unpaired) electrons. The summed E-state index contributed by atoms with van der Waals surface area (Å²) < 4.78 is 35.2. The molecule has 3 N–H and O–H groups in total. The SMILES string of the molecule is CCNC(=NCCNC(=O)OC(C)(C)C)NC1CCN(c2ccccc2OC(F)F)C1. The van der Waals surface area contributed by atoms with Gasteiger partial charge in [-0.2, -0.15) is 8.78 Å². The Labute approximate surface area is 182 Å². The van der Waals surface area contributed by atoms with Crippen LogP contribution < -0.4 is 25.6 Å². The summed E-state index contributed by atoms with van der Waals surface area (Å²) in [6.45, 7) is 7.28. The zero-order chi connectivity index (χ0) is 22.9. The maximum atomic E-state index is 12.7. The summed E-state index contributed by atoms with van der Waals surface area (Å²) in [5.41, 5.74) is 0.104. The van der Waals surface area contributed by atoms with Crippen LogP contribution in [-0.2, 0) is 4.74 Å². The Morgan fingerprint density at radius 2 is 2.03 bits per heavy atom. The number of para-hydroxylation sites is 2. The van der Waals surface area contributed by atoms with Gasteiger partial charge in [0.25, 0.3) is 0 Å². The van der Waals surface area contributed by atoms with Crippen LogP contribution in [0.3, 0.4) is 0 Å². The quantitative estimate of drug-likeness (QED) is 0.327. The van der Waals surface area contributed by atoms with Gasteiger partial charge in [0.15, 0.2) is 5.96 Å². The molecule has 0 aliphatic carbocycles. The fourth-order valence-corrected chi connectivity index (χ4v) is 3.16. The van der Waals surface area contributed by atoms with Crippen LogP contribution in [0.1, 0.15) is 34.1 Å². The minimum Gasteiger partial charge on any atom is -0.444 e. The molecule has 31 heavy (non-hydrogen) atoms. The lowest BCUT2D eigenvalue weighted by Crippen LogP contribution is -2.45. The first kappa shape index (κ1) is 24.5. The molecular weight excluding hydrogens is 408 g/mol. The third-order valence-corrected chi connectivity index (χ3v) is 4.35. The van der Waals surface area contributed by atoms with Gasteiger partial charge < -0.3 is 30.3 Å². The fourth-order valence-electron chi connectivity index (χ4n) is 3.16. The van der Waals surface area contributed by atoms with Gasteiger partial charge in [-0.1, -0.05) is 12.1 Å². The summed E-state index contributed by atoms with van der Waals surface area (Å²) in [6.07, 6.45) is 0.348. The van der Waals surface area contributed by atoms with E-state index in [2.05, 4.69) is 25.7 Å². The molecule has 1 amide bonds. The van der Waals surface area contributed by atoms with Crippen molar-refractivity contribution < 1.29 is 23.0 Å². The largest absolute Gasteiger partial charge is 0.444 e. The Hall–Kier alpha value is -2.78. The van der Waals surface area contributed by atoms with Gasteiger partial charge in [-0.25, -0.2) is 4.79 Å². The number of nitrogens with one attached hydrogen (secondary N) is 3. The van der Waals surface area contributed by atoms with Crippen LogP contribution in [0.25, 0.3) is 0 Å². The molecule has 1 aliphatic heterocycles. The second kappa shape index (κ2) is 11.6. The van der Waals surface area contributed by atoms with E-state index in [1.807, 2.05) is 11.8 Å². The number of amides is 1. The highest BCUT2D eigenvalue weighted by Gasteiger charge is 2.26. The van der Waals surface area contributed by atoms with Gasteiger partial charge in [-0.05, 0) is 46.2 Å². The molecule has 0 bridgehead atoms. The molecule has 174 valence electrons. The summed E-state index contributed by atoms with van der Waals surface area (Å²) in [7, 11) is 0. The Balaban J connectivity index is 1.87. The second-order valence-electron chi connectivity index (χ2n) is 8.11. The van der Waals surface area contributed by atoms with Crippen molar-refractivity contribution in [1.29, 1.82) is 0 Å². The third kappa shape index (κ3) is 8.85.